The minimum absolute atomic E-state index is 0.0708. The van der Waals surface area contributed by atoms with Crippen LogP contribution in [0.3, 0.4) is 0 Å². The third-order valence-corrected chi connectivity index (χ3v) is 2.95. The van der Waals surface area contributed by atoms with E-state index in [1.807, 2.05) is 24.3 Å². The van der Waals surface area contributed by atoms with Crippen LogP contribution in [0.15, 0.2) is 53.5 Å². The minimum atomic E-state index is -0.291. The van der Waals surface area contributed by atoms with Gasteiger partial charge in [-0.05, 0) is 30.3 Å². The van der Waals surface area contributed by atoms with E-state index in [9.17, 15) is 9.18 Å². The van der Waals surface area contributed by atoms with Gasteiger partial charge in [-0.25, -0.2) is 4.39 Å². The average molecular weight is 254 g/mol. The van der Waals surface area contributed by atoms with Crippen LogP contribution < -0.4 is 5.32 Å². The lowest BCUT2D eigenvalue weighted by molar-refractivity contribution is -0.114. The fourth-order valence-corrected chi connectivity index (χ4v) is 2.08. The number of hydrogen-bond acceptors (Lipinski definition) is 2. The van der Waals surface area contributed by atoms with Crippen molar-refractivity contribution < 1.29 is 9.18 Å². The quantitative estimate of drug-likeness (QED) is 0.835. The highest BCUT2D eigenvalue weighted by Gasteiger charge is 2.17. The highest BCUT2D eigenvalue weighted by molar-refractivity contribution is 6.19. The van der Waals surface area contributed by atoms with Gasteiger partial charge < -0.3 is 5.32 Å². The molecule has 2 aromatic rings. The molecule has 1 heterocycles. The number of carbonyl (C=O) groups excluding carboxylic acids is 1. The maximum Gasteiger partial charge on any atom is 0.246 e. The third kappa shape index (κ3) is 2.25. The molecule has 19 heavy (non-hydrogen) atoms. The average Bonchev–Trinajstić information content (AvgIpc) is 2.58. The van der Waals surface area contributed by atoms with Crippen LogP contribution in [0.5, 0.6) is 0 Å². The second-order valence-electron chi connectivity index (χ2n) is 4.27. The topological polar surface area (TPSA) is 41.5 Å². The molecule has 3 rings (SSSR count). The molecular weight excluding hydrogens is 243 g/mol. The van der Waals surface area contributed by atoms with Crippen LogP contribution in [0.1, 0.15) is 11.1 Å². The fourth-order valence-electron chi connectivity index (χ4n) is 2.08. The fraction of sp³-hybridized carbons (Fsp3) is 0.0667. The van der Waals surface area contributed by atoms with Crippen LogP contribution in [0.2, 0.25) is 0 Å². The van der Waals surface area contributed by atoms with Crippen LogP contribution in [-0.2, 0) is 4.79 Å². The maximum atomic E-state index is 13.0. The number of fused-ring (bicyclic) bond motifs is 1. The van der Waals surface area contributed by atoms with Crippen LogP contribution >= 0.6 is 0 Å². The molecule has 0 spiro atoms. The summed E-state index contributed by atoms with van der Waals surface area (Å²) in [6.07, 6.45) is 0. The first-order valence-corrected chi connectivity index (χ1v) is 5.94. The molecule has 0 saturated carbocycles. The summed E-state index contributed by atoms with van der Waals surface area (Å²) in [5.74, 6) is -0.440. The van der Waals surface area contributed by atoms with E-state index in [2.05, 4.69) is 10.3 Å². The molecule has 1 aliphatic heterocycles. The van der Waals surface area contributed by atoms with E-state index in [-0.39, 0.29) is 18.3 Å². The number of amides is 1. The van der Waals surface area contributed by atoms with Crippen LogP contribution in [0.4, 0.5) is 10.1 Å². The number of carbonyl (C=O) groups is 1. The lowest BCUT2D eigenvalue weighted by Crippen LogP contribution is -2.13. The summed E-state index contributed by atoms with van der Waals surface area (Å²) in [7, 11) is 0. The first-order chi connectivity index (χ1) is 9.24. The number of benzodiazepines with no additional fused rings is 1. The van der Waals surface area contributed by atoms with Crippen molar-refractivity contribution in [2.45, 2.75) is 0 Å². The Labute approximate surface area is 109 Å². The van der Waals surface area contributed by atoms with E-state index in [1.54, 1.807) is 12.1 Å². The molecule has 4 heteroatoms. The lowest BCUT2D eigenvalue weighted by Gasteiger charge is -2.09. The van der Waals surface area contributed by atoms with Gasteiger partial charge in [0, 0.05) is 11.1 Å². The number of anilines is 1. The Bertz CT molecular complexity index is 662. The summed E-state index contributed by atoms with van der Waals surface area (Å²) in [5, 5.41) is 2.81. The van der Waals surface area contributed by atoms with Crippen molar-refractivity contribution in [1.29, 1.82) is 0 Å². The van der Waals surface area contributed by atoms with Crippen molar-refractivity contribution in [1.82, 2.24) is 0 Å². The summed E-state index contributed by atoms with van der Waals surface area (Å²) in [6.45, 7) is 0.0708. The zero-order valence-corrected chi connectivity index (χ0v) is 10.1. The van der Waals surface area contributed by atoms with Gasteiger partial charge in [0.1, 0.15) is 12.4 Å². The number of rotatable bonds is 1. The number of aliphatic imine (C=N–C) groups is 1. The van der Waals surface area contributed by atoms with Gasteiger partial charge in [0.2, 0.25) is 5.91 Å². The van der Waals surface area contributed by atoms with Crippen molar-refractivity contribution in [3.8, 4) is 0 Å². The van der Waals surface area contributed by atoms with E-state index in [0.29, 0.717) is 5.71 Å². The Morgan fingerprint density at radius 3 is 2.58 bits per heavy atom. The predicted octanol–water partition coefficient (Wildman–Crippen LogP) is 2.62. The smallest absolute Gasteiger partial charge is 0.246 e. The van der Waals surface area contributed by atoms with Crippen molar-refractivity contribution >= 4 is 17.3 Å². The molecule has 0 radical (unpaired) electrons. The van der Waals surface area contributed by atoms with Crippen LogP contribution in [-0.4, -0.2) is 18.2 Å². The Kier molecular flexibility index (Phi) is 2.83. The first kappa shape index (κ1) is 11.6. The number of benzene rings is 2. The van der Waals surface area contributed by atoms with E-state index in [0.717, 1.165) is 16.8 Å². The van der Waals surface area contributed by atoms with Gasteiger partial charge in [-0.15, -0.1) is 0 Å². The second-order valence-corrected chi connectivity index (χ2v) is 4.27. The zero-order chi connectivity index (χ0) is 13.2. The summed E-state index contributed by atoms with van der Waals surface area (Å²) in [5.41, 5.74) is 3.08. The summed E-state index contributed by atoms with van der Waals surface area (Å²) in [6, 6.07) is 13.6. The highest BCUT2D eigenvalue weighted by Crippen LogP contribution is 2.22. The molecule has 0 aliphatic carbocycles. The van der Waals surface area contributed by atoms with E-state index < -0.39 is 0 Å². The summed E-state index contributed by atoms with van der Waals surface area (Å²) in [4.78, 5) is 15.9. The molecule has 0 bridgehead atoms. The van der Waals surface area contributed by atoms with E-state index >= 15 is 0 Å². The molecule has 2 aromatic carbocycles. The third-order valence-electron chi connectivity index (χ3n) is 2.95. The van der Waals surface area contributed by atoms with E-state index in [1.165, 1.54) is 12.1 Å². The molecule has 0 atom stereocenters. The van der Waals surface area contributed by atoms with Gasteiger partial charge in [-0.2, -0.15) is 0 Å². The number of para-hydroxylation sites is 1. The van der Waals surface area contributed by atoms with Crippen molar-refractivity contribution in [3.63, 3.8) is 0 Å². The Hall–Kier alpha value is -2.49. The minimum Gasteiger partial charge on any atom is -0.324 e. The van der Waals surface area contributed by atoms with E-state index in [4.69, 9.17) is 0 Å². The van der Waals surface area contributed by atoms with Gasteiger partial charge >= 0.3 is 0 Å². The molecule has 3 nitrogen and oxygen atoms in total. The molecule has 94 valence electrons. The number of halogens is 1. The van der Waals surface area contributed by atoms with Crippen LogP contribution in [0.25, 0.3) is 0 Å². The maximum absolute atomic E-state index is 13.0. The number of nitrogens with zero attached hydrogens (tertiary/aromatic N) is 1. The Balaban J connectivity index is 2.14. The highest BCUT2D eigenvalue weighted by atomic mass is 19.1. The summed E-state index contributed by atoms with van der Waals surface area (Å²) >= 11 is 0. The van der Waals surface area contributed by atoms with Gasteiger partial charge in [-0.3, -0.25) is 9.79 Å². The summed E-state index contributed by atoms with van der Waals surface area (Å²) < 4.78 is 13.0. The SMILES string of the molecule is O=C1CN=C(c2ccc(F)cc2)c2ccccc2N1. The first-order valence-electron chi connectivity index (χ1n) is 5.94. The van der Waals surface area contributed by atoms with Crippen molar-refractivity contribution in [2.24, 2.45) is 4.99 Å². The number of hydrogen-bond donors (Lipinski definition) is 1. The van der Waals surface area contributed by atoms with Gasteiger partial charge in [-0.1, -0.05) is 18.2 Å². The van der Waals surface area contributed by atoms with Crippen molar-refractivity contribution in [3.05, 3.63) is 65.5 Å². The largest absolute Gasteiger partial charge is 0.324 e. The van der Waals surface area contributed by atoms with Gasteiger partial charge in [0.05, 0.1) is 11.4 Å². The normalized spacial score (nSPS) is 14.2. The standard InChI is InChI=1S/C15H11FN2O/c16-11-7-5-10(6-8-11)15-12-3-1-2-4-13(12)18-14(19)9-17-15/h1-8H,9H2,(H,18,19). The van der Waals surface area contributed by atoms with Crippen LogP contribution in [0, 0.1) is 5.82 Å². The molecule has 0 fully saturated rings. The van der Waals surface area contributed by atoms with Crippen molar-refractivity contribution in [2.75, 3.05) is 11.9 Å². The Morgan fingerprint density at radius 1 is 1.05 bits per heavy atom. The molecule has 0 unspecified atom stereocenters. The monoisotopic (exact) mass is 254 g/mol. The Morgan fingerprint density at radius 2 is 1.79 bits per heavy atom. The molecule has 1 aliphatic rings. The zero-order valence-electron chi connectivity index (χ0n) is 10.1. The lowest BCUT2D eigenvalue weighted by atomic mass is 10.0. The second kappa shape index (κ2) is 4.65. The molecule has 1 amide bonds. The predicted molar refractivity (Wildman–Crippen MR) is 72.0 cm³/mol. The molecule has 0 saturated heterocycles. The van der Waals surface area contributed by atoms with Gasteiger partial charge in [0.15, 0.2) is 0 Å². The molecular formula is C15H11FN2O. The molecule has 0 aromatic heterocycles. The molecule has 1 N–H and O–H groups in total. The number of nitrogens with one attached hydrogen (secondary N) is 1. The van der Waals surface area contributed by atoms with Gasteiger partial charge in [0.25, 0.3) is 0 Å².